The molecule has 98 valence electrons. The first-order chi connectivity index (χ1) is 8.46. The van der Waals surface area contributed by atoms with Crippen LogP contribution in [0.2, 0.25) is 0 Å². The third kappa shape index (κ3) is 4.62. The summed E-state index contributed by atoms with van der Waals surface area (Å²) in [5.74, 6) is 1.42. The van der Waals surface area contributed by atoms with Crippen molar-refractivity contribution in [1.82, 2.24) is 0 Å². The average Bonchev–Trinajstić information content (AvgIpc) is 2.33. The molecule has 0 aliphatic carbocycles. The molecule has 0 radical (unpaired) electrons. The van der Waals surface area contributed by atoms with Crippen molar-refractivity contribution in [2.24, 2.45) is 4.99 Å². The van der Waals surface area contributed by atoms with Crippen molar-refractivity contribution in [1.29, 1.82) is 0 Å². The number of methoxy groups -OCH3 is 1. The first-order valence-electron chi connectivity index (χ1n) is 5.93. The summed E-state index contributed by atoms with van der Waals surface area (Å²) in [6.07, 6.45) is 3.55. The Bertz CT molecular complexity index is 431. The SMILES string of the molecule is C=CCOc1cc(C=NC(C)(C)C)ccc1OC. The van der Waals surface area contributed by atoms with E-state index in [-0.39, 0.29) is 5.54 Å². The van der Waals surface area contributed by atoms with Gasteiger partial charge in [-0.05, 0) is 44.5 Å². The Balaban J connectivity index is 2.95. The van der Waals surface area contributed by atoms with Crippen LogP contribution in [-0.4, -0.2) is 25.5 Å². The van der Waals surface area contributed by atoms with Gasteiger partial charge in [0.05, 0.1) is 12.6 Å². The van der Waals surface area contributed by atoms with Gasteiger partial charge < -0.3 is 9.47 Å². The summed E-state index contributed by atoms with van der Waals surface area (Å²) in [5, 5.41) is 0. The molecule has 0 fully saturated rings. The minimum Gasteiger partial charge on any atom is -0.493 e. The maximum Gasteiger partial charge on any atom is 0.162 e. The Morgan fingerprint density at radius 1 is 1.28 bits per heavy atom. The molecule has 18 heavy (non-hydrogen) atoms. The van der Waals surface area contributed by atoms with Gasteiger partial charge in [0.15, 0.2) is 11.5 Å². The molecule has 0 atom stereocenters. The van der Waals surface area contributed by atoms with Crippen LogP contribution in [0.3, 0.4) is 0 Å². The quantitative estimate of drug-likeness (QED) is 0.589. The number of benzene rings is 1. The van der Waals surface area contributed by atoms with Gasteiger partial charge in [0.25, 0.3) is 0 Å². The zero-order chi connectivity index (χ0) is 13.6. The van der Waals surface area contributed by atoms with E-state index in [0.29, 0.717) is 18.1 Å². The molecule has 1 aromatic rings. The van der Waals surface area contributed by atoms with Crippen molar-refractivity contribution >= 4 is 6.21 Å². The molecule has 0 saturated carbocycles. The number of hydrogen-bond acceptors (Lipinski definition) is 3. The van der Waals surface area contributed by atoms with Crippen LogP contribution in [-0.2, 0) is 0 Å². The van der Waals surface area contributed by atoms with Crippen molar-refractivity contribution in [3.05, 3.63) is 36.4 Å². The van der Waals surface area contributed by atoms with Crippen LogP contribution < -0.4 is 9.47 Å². The average molecular weight is 247 g/mol. The van der Waals surface area contributed by atoms with Gasteiger partial charge in [0, 0.05) is 6.21 Å². The van der Waals surface area contributed by atoms with Crippen molar-refractivity contribution in [2.75, 3.05) is 13.7 Å². The van der Waals surface area contributed by atoms with E-state index in [9.17, 15) is 0 Å². The van der Waals surface area contributed by atoms with Gasteiger partial charge in [0.2, 0.25) is 0 Å². The van der Waals surface area contributed by atoms with Crippen LogP contribution in [0, 0.1) is 0 Å². The monoisotopic (exact) mass is 247 g/mol. The lowest BCUT2D eigenvalue weighted by Crippen LogP contribution is -2.09. The van der Waals surface area contributed by atoms with Crippen molar-refractivity contribution in [3.63, 3.8) is 0 Å². The summed E-state index contributed by atoms with van der Waals surface area (Å²) in [7, 11) is 1.62. The second-order valence-electron chi connectivity index (χ2n) is 4.94. The summed E-state index contributed by atoms with van der Waals surface area (Å²) in [5.41, 5.74) is 0.909. The highest BCUT2D eigenvalue weighted by molar-refractivity contribution is 5.81. The Kier molecular flexibility index (Phi) is 4.95. The lowest BCUT2D eigenvalue weighted by Gasteiger charge is -2.12. The molecule has 0 spiro atoms. The molecule has 1 aromatic carbocycles. The first-order valence-corrected chi connectivity index (χ1v) is 5.93. The molecule has 0 saturated heterocycles. The van der Waals surface area contributed by atoms with Gasteiger partial charge in [-0.15, -0.1) is 0 Å². The number of ether oxygens (including phenoxy) is 2. The Morgan fingerprint density at radius 3 is 2.56 bits per heavy atom. The predicted molar refractivity (Wildman–Crippen MR) is 76.0 cm³/mol. The van der Waals surface area contributed by atoms with E-state index < -0.39 is 0 Å². The molecule has 0 bridgehead atoms. The molecular weight excluding hydrogens is 226 g/mol. The van der Waals surface area contributed by atoms with Gasteiger partial charge in [-0.3, -0.25) is 4.99 Å². The molecule has 0 unspecified atom stereocenters. The van der Waals surface area contributed by atoms with Gasteiger partial charge in [-0.2, -0.15) is 0 Å². The lowest BCUT2D eigenvalue weighted by molar-refractivity contribution is 0.326. The molecule has 3 heteroatoms. The van der Waals surface area contributed by atoms with Gasteiger partial charge >= 0.3 is 0 Å². The number of nitrogens with zero attached hydrogens (tertiary/aromatic N) is 1. The topological polar surface area (TPSA) is 30.8 Å². The fraction of sp³-hybridized carbons (Fsp3) is 0.400. The van der Waals surface area contributed by atoms with E-state index in [2.05, 4.69) is 32.3 Å². The molecule has 0 heterocycles. The van der Waals surface area contributed by atoms with Crippen LogP contribution in [0.15, 0.2) is 35.8 Å². The standard InChI is InChI=1S/C15H21NO2/c1-6-9-18-14-10-12(7-8-13(14)17-5)11-16-15(2,3)4/h6-8,10-11H,1,9H2,2-5H3. The predicted octanol–water partition coefficient (Wildman–Crippen LogP) is 3.48. The van der Waals surface area contributed by atoms with E-state index in [0.717, 1.165) is 5.56 Å². The van der Waals surface area contributed by atoms with Gasteiger partial charge in [-0.25, -0.2) is 0 Å². The molecule has 0 aliphatic heterocycles. The van der Waals surface area contributed by atoms with Gasteiger partial charge in [-0.1, -0.05) is 12.7 Å². The molecule has 0 aliphatic rings. The van der Waals surface area contributed by atoms with E-state index in [1.165, 1.54) is 0 Å². The molecule has 0 N–H and O–H groups in total. The normalized spacial score (nSPS) is 11.6. The number of hydrogen-bond donors (Lipinski definition) is 0. The van der Waals surface area contributed by atoms with Crippen molar-refractivity contribution < 1.29 is 9.47 Å². The molecule has 1 rings (SSSR count). The molecule has 0 aromatic heterocycles. The number of aliphatic imine (C=N–C) groups is 1. The molecular formula is C15H21NO2. The van der Waals surface area contributed by atoms with Crippen LogP contribution in [0.1, 0.15) is 26.3 Å². The maximum atomic E-state index is 5.55. The molecule has 0 amide bonds. The van der Waals surface area contributed by atoms with Gasteiger partial charge in [0.1, 0.15) is 6.61 Å². The Hall–Kier alpha value is -1.77. The summed E-state index contributed by atoms with van der Waals surface area (Å²) in [6, 6.07) is 5.74. The highest BCUT2D eigenvalue weighted by Crippen LogP contribution is 2.27. The first kappa shape index (κ1) is 14.3. The Morgan fingerprint density at radius 2 is 2.00 bits per heavy atom. The zero-order valence-electron chi connectivity index (χ0n) is 11.6. The van der Waals surface area contributed by atoms with E-state index in [1.54, 1.807) is 13.2 Å². The second-order valence-corrected chi connectivity index (χ2v) is 4.94. The number of rotatable bonds is 5. The van der Waals surface area contributed by atoms with Crippen LogP contribution >= 0.6 is 0 Å². The summed E-state index contributed by atoms with van der Waals surface area (Å²) in [4.78, 5) is 4.46. The zero-order valence-corrected chi connectivity index (χ0v) is 11.6. The summed E-state index contributed by atoms with van der Waals surface area (Å²) in [6.45, 7) is 10.3. The van der Waals surface area contributed by atoms with Crippen molar-refractivity contribution in [3.8, 4) is 11.5 Å². The summed E-state index contributed by atoms with van der Waals surface area (Å²) >= 11 is 0. The highest BCUT2D eigenvalue weighted by atomic mass is 16.5. The fourth-order valence-corrected chi connectivity index (χ4v) is 1.30. The third-order valence-electron chi connectivity index (χ3n) is 2.15. The third-order valence-corrected chi connectivity index (χ3v) is 2.15. The van der Waals surface area contributed by atoms with Crippen LogP contribution in [0.25, 0.3) is 0 Å². The summed E-state index contributed by atoms with van der Waals surface area (Å²) < 4.78 is 10.8. The van der Waals surface area contributed by atoms with E-state index in [4.69, 9.17) is 9.47 Å². The fourth-order valence-electron chi connectivity index (χ4n) is 1.30. The Labute approximate surface area is 109 Å². The van der Waals surface area contributed by atoms with E-state index in [1.807, 2.05) is 24.4 Å². The van der Waals surface area contributed by atoms with Crippen molar-refractivity contribution in [2.45, 2.75) is 26.3 Å². The second kappa shape index (κ2) is 6.24. The minimum atomic E-state index is -0.0813. The maximum absolute atomic E-state index is 5.55. The smallest absolute Gasteiger partial charge is 0.162 e. The largest absolute Gasteiger partial charge is 0.493 e. The minimum absolute atomic E-state index is 0.0813. The lowest BCUT2D eigenvalue weighted by atomic mass is 10.1. The van der Waals surface area contributed by atoms with Crippen LogP contribution in [0.4, 0.5) is 0 Å². The van der Waals surface area contributed by atoms with Crippen LogP contribution in [0.5, 0.6) is 11.5 Å². The molecule has 3 nitrogen and oxygen atoms in total. The van der Waals surface area contributed by atoms with E-state index >= 15 is 0 Å². The highest BCUT2D eigenvalue weighted by Gasteiger charge is 2.07.